The second kappa shape index (κ2) is 6.32. The summed E-state index contributed by atoms with van der Waals surface area (Å²) in [6.07, 6.45) is 0.453. The highest BCUT2D eigenvalue weighted by Crippen LogP contribution is 2.27. The van der Waals surface area contributed by atoms with Crippen molar-refractivity contribution in [3.63, 3.8) is 0 Å². The van der Waals surface area contributed by atoms with Gasteiger partial charge in [0.05, 0.1) is 16.1 Å². The van der Waals surface area contributed by atoms with Crippen LogP contribution in [0.15, 0.2) is 36.4 Å². The largest absolute Gasteiger partial charge is 0.485 e. The van der Waals surface area contributed by atoms with E-state index in [1.807, 2.05) is 0 Å². The lowest BCUT2D eigenvalue weighted by atomic mass is 10.2. The molecular weight excluding hydrogens is 301 g/mol. The van der Waals surface area contributed by atoms with Gasteiger partial charge in [-0.1, -0.05) is 17.7 Å². The van der Waals surface area contributed by atoms with Gasteiger partial charge in [-0.15, -0.1) is 0 Å². The number of hydrogen-bond donors (Lipinski definition) is 0. The first kappa shape index (κ1) is 14.9. The summed E-state index contributed by atoms with van der Waals surface area (Å²) in [5.74, 6) is -0.951. The van der Waals surface area contributed by atoms with Crippen molar-refractivity contribution in [3.05, 3.63) is 68.5 Å². The summed E-state index contributed by atoms with van der Waals surface area (Å²) >= 11 is 5.70. The minimum Gasteiger partial charge on any atom is -0.485 e. The van der Waals surface area contributed by atoms with Crippen molar-refractivity contribution in [2.24, 2.45) is 0 Å². The Kier molecular flexibility index (Phi) is 4.49. The van der Waals surface area contributed by atoms with Crippen LogP contribution in [0.4, 0.5) is 10.1 Å². The van der Waals surface area contributed by atoms with Gasteiger partial charge in [0.2, 0.25) is 0 Å². The van der Waals surface area contributed by atoms with Gasteiger partial charge in [0, 0.05) is 11.1 Å². The van der Waals surface area contributed by atoms with E-state index >= 15 is 0 Å². The number of nitrogens with zero attached hydrogens (tertiary/aromatic N) is 1. The molecule has 2 rings (SSSR count). The molecule has 0 fully saturated rings. The molecule has 0 aliphatic heterocycles. The quantitative estimate of drug-likeness (QED) is 0.479. The number of carbonyl (C=O) groups excluding carboxylic acids is 1. The molecule has 0 saturated carbocycles. The van der Waals surface area contributed by atoms with E-state index in [-0.39, 0.29) is 34.2 Å². The summed E-state index contributed by atoms with van der Waals surface area (Å²) in [6, 6.07) is 7.97. The van der Waals surface area contributed by atoms with Gasteiger partial charge in [0.1, 0.15) is 6.61 Å². The van der Waals surface area contributed by atoms with Gasteiger partial charge in [0.15, 0.2) is 17.9 Å². The van der Waals surface area contributed by atoms with Gasteiger partial charge in [-0.25, -0.2) is 4.39 Å². The van der Waals surface area contributed by atoms with Crippen molar-refractivity contribution >= 4 is 23.6 Å². The van der Waals surface area contributed by atoms with Crippen molar-refractivity contribution in [1.29, 1.82) is 0 Å². The van der Waals surface area contributed by atoms with Crippen LogP contribution in [0.5, 0.6) is 5.75 Å². The molecule has 0 aliphatic carbocycles. The molecule has 0 bridgehead atoms. The average molecular weight is 310 g/mol. The van der Waals surface area contributed by atoms with E-state index in [0.717, 1.165) is 6.07 Å². The Labute approximate surface area is 124 Å². The Balaban J connectivity index is 2.29. The molecule has 0 heterocycles. The van der Waals surface area contributed by atoms with E-state index in [1.54, 1.807) is 0 Å². The number of halogens is 2. The summed E-state index contributed by atoms with van der Waals surface area (Å²) in [4.78, 5) is 21.2. The highest BCUT2D eigenvalue weighted by atomic mass is 35.5. The van der Waals surface area contributed by atoms with Gasteiger partial charge in [-0.05, 0) is 24.3 Å². The van der Waals surface area contributed by atoms with E-state index < -0.39 is 10.7 Å². The van der Waals surface area contributed by atoms with Gasteiger partial charge < -0.3 is 4.74 Å². The lowest BCUT2D eigenvalue weighted by Gasteiger charge is -2.09. The van der Waals surface area contributed by atoms with E-state index in [1.165, 1.54) is 30.3 Å². The summed E-state index contributed by atoms with van der Waals surface area (Å²) in [6.45, 7) is -0.255. The SMILES string of the molecule is O=Cc1cccc(F)c1OCc1ccc(Cl)cc1[N+](=O)[O-]. The van der Waals surface area contributed by atoms with Crippen molar-refractivity contribution in [2.75, 3.05) is 0 Å². The molecule has 2 aromatic carbocycles. The van der Waals surface area contributed by atoms with Gasteiger partial charge in [0.25, 0.3) is 5.69 Å². The fourth-order valence-corrected chi connectivity index (χ4v) is 1.92. The molecule has 0 amide bonds. The van der Waals surface area contributed by atoms with Crippen molar-refractivity contribution < 1.29 is 18.8 Å². The van der Waals surface area contributed by atoms with Crippen LogP contribution in [-0.2, 0) is 6.61 Å². The zero-order valence-corrected chi connectivity index (χ0v) is 11.3. The summed E-state index contributed by atoms with van der Waals surface area (Å²) in [5, 5.41) is 11.1. The number of nitro benzene ring substituents is 1. The number of benzene rings is 2. The normalized spacial score (nSPS) is 10.2. The van der Waals surface area contributed by atoms with E-state index in [4.69, 9.17) is 16.3 Å². The Morgan fingerprint density at radius 3 is 2.76 bits per heavy atom. The second-order valence-electron chi connectivity index (χ2n) is 4.09. The average Bonchev–Trinajstić information content (AvgIpc) is 2.46. The molecular formula is C14H9ClFNO4. The predicted octanol–water partition coefficient (Wildman–Crippen LogP) is 3.78. The zero-order chi connectivity index (χ0) is 15.4. The molecule has 0 aromatic heterocycles. The number of nitro groups is 1. The Hall–Kier alpha value is -2.47. The first-order valence-corrected chi connectivity index (χ1v) is 6.20. The molecule has 2 aromatic rings. The summed E-state index contributed by atoms with van der Waals surface area (Å²) in [7, 11) is 0. The number of para-hydroxylation sites is 1. The van der Waals surface area contributed by atoms with Crippen LogP contribution < -0.4 is 4.74 Å². The third kappa shape index (κ3) is 3.35. The molecule has 108 valence electrons. The van der Waals surface area contributed by atoms with Crippen LogP contribution in [-0.4, -0.2) is 11.2 Å². The number of rotatable bonds is 5. The standard InChI is InChI=1S/C14H9ClFNO4/c15-11-5-4-10(13(6-11)17(19)20)8-21-14-9(7-18)2-1-3-12(14)16/h1-7H,8H2. The molecule has 0 radical (unpaired) electrons. The van der Waals surface area contributed by atoms with Crippen LogP contribution >= 0.6 is 11.6 Å². The topological polar surface area (TPSA) is 69.4 Å². The molecule has 0 aliphatic rings. The minimum atomic E-state index is -0.712. The Bertz CT molecular complexity index is 705. The molecule has 0 saturated heterocycles. The smallest absolute Gasteiger partial charge is 0.277 e. The van der Waals surface area contributed by atoms with Gasteiger partial charge >= 0.3 is 0 Å². The van der Waals surface area contributed by atoms with Crippen LogP contribution in [0.3, 0.4) is 0 Å². The molecule has 0 spiro atoms. The molecule has 0 unspecified atom stereocenters. The maximum atomic E-state index is 13.6. The number of aldehydes is 1. The van der Waals surface area contributed by atoms with Crippen LogP contribution in [0.2, 0.25) is 5.02 Å². The molecule has 0 atom stereocenters. The monoisotopic (exact) mass is 309 g/mol. The van der Waals surface area contributed by atoms with E-state index in [9.17, 15) is 19.3 Å². The summed E-state index contributed by atoms with van der Waals surface area (Å²) < 4.78 is 18.8. The third-order valence-corrected chi connectivity index (χ3v) is 2.98. The Morgan fingerprint density at radius 2 is 2.10 bits per heavy atom. The molecule has 21 heavy (non-hydrogen) atoms. The fourth-order valence-electron chi connectivity index (χ4n) is 1.75. The van der Waals surface area contributed by atoms with Gasteiger partial charge in [-0.3, -0.25) is 14.9 Å². The third-order valence-electron chi connectivity index (χ3n) is 2.74. The van der Waals surface area contributed by atoms with Crippen LogP contribution in [0.25, 0.3) is 0 Å². The predicted molar refractivity (Wildman–Crippen MR) is 74.2 cm³/mol. The van der Waals surface area contributed by atoms with Crippen LogP contribution in [0, 0.1) is 15.9 Å². The maximum Gasteiger partial charge on any atom is 0.277 e. The highest BCUT2D eigenvalue weighted by Gasteiger charge is 2.16. The van der Waals surface area contributed by atoms with Crippen LogP contribution in [0.1, 0.15) is 15.9 Å². The van der Waals surface area contributed by atoms with Crippen molar-refractivity contribution in [3.8, 4) is 5.75 Å². The zero-order valence-electron chi connectivity index (χ0n) is 10.6. The second-order valence-corrected chi connectivity index (χ2v) is 4.53. The lowest BCUT2D eigenvalue weighted by molar-refractivity contribution is -0.385. The first-order chi connectivity index (χ1) is 10.0. The fraction of sp³-hybridized carbons (Fsp3) is 0.0714. The molecule has 5 nitrogen and oxygen atoms in total. The van der Waals surface area contributed by atoms with E-state index in [2.05, 4.69) is 0 Å². The van der Waals surface area contributed by atoms with Crippen molar-refractivity contribution in [1.82, 2.24) is 0 Å². The van der Waals surface area contributed by atoms with E-state index in [0.29, 0.717) is 6.29 Å². The number of ether oxygens (including phenoxy) is 1. The van der Waals surface area contributed by atoms with Gasteiger partial charge in [-0.2, -0.15) is 0 Å². The first-order valence-electron chi connectivity index (χ1n) is 5.82. The number of carbonyl (C=O) groups is 1. The number of hydrogen-bond acceptors (Lipinski definition) is 4. The molecule has 7 heteroatoms. The lowest BCUT2D eigenvalue weighted by Crippen LogP contribution is -2.03. The Morgan fingerprint density at radius 1 is 1.33 bits per heavy atom. The van der Waals surface area contributed by atoms with Crippen molar-refractivity contribution in [2.45, 2.75) is 6.61 Å². The summed E-state index contributed by atoms with van der Waals surface area (Å²) in [5.41, 5.74) is 0.0302. The minimum absolute atomic E-state index is 0.0339. The molecule has 0 N–H and O–H groups in total. The maximum absolute atomic E-state index is 13.6. The highest BCUT2D eigenvalue weighted by molar-refractivity contribution is 6.30.